The van der Waals surface area contributed by atoms with Gasteiger partial charge in [0.25, 0.3) is 5.69 Å². The fraction of sp³-hybridized carbons (Fsp3) is 0.111. The van der Waals surface area contributed by atoms with Crippen molar-refractivity contribution in [2.75, 3.05) is 7.11 Å². The van der Waals surface area contributed by atoms with E-state index in [0.29, 0.717) is 0 Å². The van der Waals surface area contributed by atoms with Gasteiger partial charge in [0, 0.05) is 0 Å². The fourth-order valence-electron chi connectivity index (χ4n) is 1.11. The molecule has 0 N–H and O–H groups in total. The van der Waals surface area contributed by atoms with Crippen molar-refractivity contribution >= 4 is 34.2 Å². The minimum absolute atomic E-state index is 0.176. The molecule has 0 aliphatic rings. The largest absolute Gasteiger partial charge is 0.465 e. The number of nitro groups is 1. The molecule has 0 radical (unpaired) electrons. The van der Waals surface area contributed by atoms with Crippen LogP contribution in [0.4, 0.5) is 5.69 Å². The number of nitro benzene ring substituents is 1. The van der Waals surface area contributed by atoms with E-state index in [4.69, 9.17) is 5.26 Å². The van der Waals surface area contributed by atoms with Gasteiger partial charge in [-0.3, -0.25) is 10.1 Å². The number of halogens is 1. The van der Waals surface area contributed by atoms with Crippen LogP contribution in [0, 0.1) is 25.0 Å². The minimum atomic E-state index is -0.832. The van der Waals surface area contributed by atoms with Gasteiger partial charge >= 0.3 is 5.97 Å². The highest BCUT2D eigenvalue weighted by molar-refractivity contribution is 14.1. The van der Waals surface area contributed by atoms with E-state index in [0.717, 1.165) is 13.2 Å². The number of esters is 1. The Morgan fingerprint density at radius 1 is 1.62 bits per heavy atom. The summed E-state index contributed by atoms with van der Waals surface area (Å²) in [5.41, 5.74) is -0.377. The average molecular weight is 332 g/mol. The first kappa shape index (κ1) is 12.4. The molecule has 0 bridgehead atoms. The van der Waals surface area contributed by atoms with E-state index in [-0.39, 0.29) is 20.4 Å². The van der Waals surface area contributed by atoms with Crippen LogP contribution in [0.5, 0.6) is 0 Å². The Hall–Kier alpha value is -1.69. The molecule has 0 unspecified atom stereocenters. The van der Waals surface area contributed by atoms with E-state index >= 15 is 0 Å². The third-order valence-electron chi connectivity index (χ3n) is 1.78. The summed E-state index contributed by atoms with van der Waals surface area (Å²) in [5.74, 6) is -0.832. The Labute approximate surface area is 104 Å². The van der Waals surface area contributed by atoms with Gasteiger partial charge in [-0.2, -0.15) is 5.26 Å². The molecule has 7 heteroatoms. The average Bonchev–Trinajstić information content (AvgIpc) is 2.26. The number of nitrogens with zero attached hydrogens (tertiary/aromatic N) is 2. The minimum Gasteiger partial charge on any atom is -0.465 e. The predicted molar refractivity (Wildman–Crippen MR) is 61.9 cm³/mol. The number of hydrogen-bond acceptors (Lipinski definition) is 5. The second-order valence-corrected chi connectivity index (χ2v) is 3.88. The second kappa shape index (κ2) is 4.89. The lowest BCUT2D eigenvalue weighted by Crippen LogP contribution is -2.07. The van der Waals surface area contributed by atoms with E-state index in [1.165, 1.54) is 6.07 Å². The van der Waals surface area contributed by atoms with E-state index in [2.05, 4.69) is 4.74 Å². The van der Waals surface area contributed by atoms with Crippen molar-refractivity contribution in [3.63, 3.8) is 0 Å². The van der Waals surface area contributed by atoms with Gasteiger partial charge in [-0.1, -0.05) is 0 Å². The molecule has 0 saturated heterocycles. The molecule has 0 aliphatic carbocycles. The van der Waals surface area contributed by atoms with Crippen molar-refractivity contribution in [2.45, 2.75) is 0 Å². The van der Waals surface area contributed by atoms with Gasteiger partial charge < -0.3 is 4.74 Å². The number of carbonyl (C=O) groups is 1. The molecule has 0 heterocycles. The quantitative estimate of drug-likeness (QED) is 0.357. The Bertz CT molecular complexity index is 507. The van der Waals surface area contributed by atoms with Gasteiger partial charge in [-0.25, -0.2) is 4.79 Å². The first-order valence-electron chi connectivity index (χ1n) is 3.97. The molecule has 0 saturated carbocycles. The highest BCUT2D eigenvalue weighted by atomic mass is 127. The third kappa shape index (κ3) is 2.27. The molecule has 82 valence electrons. The Balaban J connectivity index is 3.54. The van der Waals surface area contributed by atoms with Crippen LogP contribution in [0.2, 0.25) is 0 Å². The van der Waals surface area contributed by atoms with E-state index in [9.17, 15) is 14.9 Å². The molecule has 0 amide bonds. The summed E-state index contributed by atoms with van der Waals surface area (Å²) in [6.07, 6.45) is 0. The van der Waals surface area contributed by atoms with E-state index in [1.807, 2.05) is 6.07 Å². The summed E-state index contributed by atoms with van der Waals surface area (Å²) in [7, 11) is 1.12. The topological polar surface area (TPSA) is 93.2 Å². The van der Waals surface area contributed by atoms with Crippen molar-refractivity contribution in [1.82, 2.24) is 0 Å². The summed E-state index contributed by atoms with van der Waals surface area (Å²) < 4.78 is 4.65. The number of nitriles is 1. The molecule has 1 aromatic carbocycles. The van der Waals surface area contributed by atoms with Gasteiger partial charge in [-0.15, -0.1) is 0 Å². The number of hydrogen-bond donors (Lipinski definition) is 0. The monoisotopic (exact) mass is 332 g/mol. The molecule has 0 fully saturated rings. The molecule has 1 rings (SSSR count). The number of ether oxygens (including phenoxy) is 1. The zero-order valence-electron chi connectivity index (χ0n) is 8.06. The molecular formula is C9H5IN2O4. The van der Waals surface area contributed by atoms with Gasteiger partial charge in [0.15, 0.2) is 0 Å². The Morgan fingerprint density at radius 3 is 2.69 bits per heavy atom. The van der Waals surface area contributed by atoms with Crippen LogP contribution in [0.25, 0.3) is 0 Å². The standard InChI is InChI=1S/C9H5IN2O4/c1-16-9(13)6-2-5(4-11)3-7(10)8(6)12(14)15/h2-3H,1H3. The van der Waals surface area contributed by atoms with Crippen molar-refractivity contribution in [2.24, 2.45) is 0 Å². The van der Waals surface area contributed by atoms with Crippen LogP contribution in [0.1, 0.15) is 15.9 Å². The Kier molecular flexibility index (Phi) is 3.78. The maximum Gasteiger partial charge on any atom is 0.344 e. The summed E-state index contributed by atoms with van der Waals surface area (Å²) in [4.78, 5) is 21.4. The maximum absolute atomic E-state index is 11.3. The van der Waals surface area contributed by atoms with Crippen LogP contribution >= 0.6 is 22.6 Å². The molecule has 0 atom stereocenters. The SMILES string of the molecule is COC(=O)c1cc(C#N)cc(I)c1[N+](=O)[O-]. The molecule has 6 nitrogen and oxygen atoms in total. The zero-order valence-corrected chi connectivity index (χ0v) is 10.2. The first-order valence-corrected chi connectivity index (χ1v) is 5.05. The number of rotatable bonds is 2. The van der Waals surface area contributed by atoms with E-state index in [1.54, 1.807) is 22.6 Å². The van der Waals surface area contributed by atoms with Gasteiger partial charge in [0.2, 0.25) is 0 Å². The van der Waals surface area contributed by atoms with Crippen molar-refractivity contribution in [1.29, 1.82) is 5.26 Å². The molecule has 0 spiro atoms. The number of methoxy groups -OCH3 is 1. The summed E-state index contributed by atoms with van der Waals surface area (Å²) in [5, 5.41) is 19.5. The van der Waals surface area contributed by atoms with Crippen molar-refractivity contribution in [3.05, 3.63) is 36.9 Å². The first-order chi connectivity index (χ1) is 7.51. The maximum atomic E-state index is 11.3. The lowest BCUT2D eigenvalue weighted by Gasteiger charge is -2.03. The van der Waals surface area contributed by atoms with Gasteiger partial charge in [0.1, 0.15) is 5.56 Å². The lowest BCUT2D eigenvalue weighted by molar-refractivity contribution is -0.386. The van der Waals surface area contributed by atoms with Gasteiger partial charge in [0.05, 0.1) is 27.2 Å². The van der Waals surface area contributed by atoms with Crippen LogP contribution in [-0.2, 0) is 4.74 Å². The summed E-state index contributed by atoms with van der Waals surface area (Å²) in [6.45, 7) is 0. The third-order valence-corrected chi connectivity index (χ3v) is 2.60. The molecule has 1 aromatic rings. The fourth-order valence-corrected chi connectivity index (χ4v) is 1.94. The highest BCUT2D eigenvalue weighted by Crippen LogP contribution is 2.27. The number of benzene rings is 1. The molecule has 0 aromatic heterocycles. The highest BCUT2D eigenvalue weighted by Gasteiger charge is 2.25. The van der Waals surface area contributed by atoms with Crippen LogP contribution in [0.15, 0.2) is 12.1 Å². The van der Waals surface area contributed by atoms with E-state index < -0.39 is 10.9 Å². The smallest absolute Gasteiger partial charge is 0.344 e. The Morgan fingerprint density at radius 2 is 2.25 bits per heavy atom. The van der Waals surface area contributed by atoms with Crippen LogP contribution in [-0.4, -0.2) is 18.0 Å². The van der Waals surface area contributed by atoms with Crippen LogP contribution in [0.3, 0.4) is 0 Å². The normalized spacial score (nSPS) is 9.31. The summed E-state index contributed by atoms with van der Waals surface area (Å²) in [6, 6.07) is 4.30. The van der Waals surface area contributed by atoms with Crippen LogP contribution < -0.4 is 0 Å². The molecule has 16 heavy (non-hydrogen) atoms. The second-order valence-electron chi connectivity index (χ2n) is 2.71. The van der Waals surface area contributed by atoms with Crippen molar-refractivity contribution < 1.29 is 14.5 Å². The van der Waals surface area contributed by atoms with Crippen molar-refractivity contribution in [3.8, 4) is 6.07 Å². The summed E-state index contributed by atoms with van der Waals surface area (Å²) >= 11 is 1.70. The predicted octanol–water partition coefficient (Wildman–Crippen LogP) is 1.86. The molecule has 0 aliphatic heterocycles. The zero-order chi connectivity index (χ0) is 12.3. The molecular weight excluding hydrogens is 327 g/mol. The lowest BCUT2D eigenvalue weighted by atomic mass is 10.1. The van der Waals surface area contributed by atoms with Gasteiger partial charge in [-0.05, 0) is 34.7 Å². The number of carbonyl (C=O) groups excluding carboxylic acids is 1.